The average molecular weight is 511 g/mol. The molecule has 2 aliphatic carbocycles. The predicted octanol–water partition coefficient (Wildman–Crippen LogP) is 2.58. The van der Waals surface area contributed by atoms with Gasteiger partial charge in [-0.15, -0.1) is 24.8 Å². The molecule has 3 heterocycles. The molecule has 2 saturated heterocycles. The molecule has 2 unspecified atom stereocenters. The van der Waals surface area contributed by atoms with Crippen LogP contribution in [0.5, 0.6) is 11.5 Å². The first kappa shape index (κ1) is 25.1. The van der Waals surface area contributed by atoms with E-state index < -0.39 is 6.09 Å². The van der Waals surface area contributed by atoms with Crippen LogP contribution in [0, 0.1) is 5.92 Å². The minimum absolute atomic E-state index is 0. The average Bonchev–Trinajstić information content (AvgIpc) is 3.41. The number of nitrogens with zero attached hydrogens (tertiary/aromatic N) is 2. The van der Waals surface area contributed by atoms with Crippen LogP contribution >= 0.6 is 24.8 Å². The normalized spacial score (nSPS) is 30.3. The van der Waals surface area contributed by atoms with Crippen molar-refractivity contribution in [1.82, 2.24) is 20.7 Å². The molecule has 34 heavy (non-hydrogen) atoms. The molecule has 0 aromatic heterocycles. The molecule has 4 atom stereocenters. The third kappa shape index (κ3) is 3.85. The smallest absolute Gasteiger partial charge is 0.413 e. The number of likely N-dealkylation sites (tertiary alicyclic amines) is 1. The van der Waals surface area contributed by atoms with Crippen LogP contribution in [-0.2, 0) is 16.6 Å². The largest absolute Gasteiger partial charge is 0.485 e. The van der Waals surface area contributed by atoms with Crippen LogP contribution in [0.3, 0.4) is 0 Å². The third-order valence-electron chi connectivity index (χ3n) is 8.07. The SMILES string of the molecule is CN1CC[C@]23c4c5ccc(OC(=O)NCC(=O)NN6CCCC6)c4O[C@H]2CC=CC3C1C5.Cl.Cl. The first-order chi connectivity index (χ1) is 15.6. The molecule has 1 aromatic rings. The molecule has 10 heteroatoms. The fourth-order valence-corrected chi connectivity index (χ4v) is 6.62. The molecule has 186 valence electrons. The topological polar surface area (TPSA) is 83.1 Å². The Hall–Kier alpha value is -2.00. The van der Waals surface area contributed by atoms with E-state index in [0.717, 1.165) is 57.5 Å². The Morgan fingerprint density at radius 3 is 2.79 bits per heavy atom. The van der Waals surface area contributed by atoms with E-state index in [9.17, 15) is 9.59 Å². The lowest BCUT2D eigenvalue weighted by atomic mass is 9.54. The highest BCUT2D eigenvalue weighted by Gasteiger charge is 2.62. The van der Waals surface area contributed by atoms with Gasteiger partial charge in [0, 0.05) is 42.4 Å². The second-order valence-corrected chi connectivity index (χ2v) is 9.74. The van der Waals surface area contributed by atoms with Gasteiger partial charge < -0.3 is 19.7 Å². The Morgan fingerprint density at radius 2 is 2.00 bits per heavy atom. The molecule has 1 aromatic carbocycles. The Morgan fingerprint density at radius 1 is 1.21 bits per heavy atom. The Labute approximate surface area is 212 Å². The quantitative estimate of drug-likeness (QED) is 0.605. The van der Waals surface area contributed by atoms with Crippen molar-refractivity contribution in [2.45, 2.75) is 49.7 Å². The number of likely N-dealkylation sites (N-methyl/N-ethyl adjacent to an activating group) is 1. The standard InChI is InChI=1S/C24H30N4O4.2ClH/c1-27-12-9-24-16-5-4-6-19(24)32-22-18(8-7-15(21(22)24)13-17(16)27)31-23(30)25-14-20(29)26-28-10-2-3-11-28;;/h4-5,7-8,16-17,19H,2-3,6,9-14H2,1H3,(H,25,30)(H,26,29);2*1H/t16?,17?,19-,24+;;/m0../s1. The van der Waals surface area contributed by atoms with E-state index >= 15 is 0 Å². The number of hydrogen-bond donors (Lipinski definition) is 2. The summed E-state index contributed by atoms with van der Waals surface area (Å²) in [6.45, 7) is 2.62. The zero-order valence-electron chi connectivity index (χ0n) is 19.2. The summed E-state index contributed by atoms with van der Waals surface area (Å²) in [6, 6.07) is 4.42. The molecule has 6 rings (SSSR count). The van der Waals surface area contributed by atoms with Crippen molar-refractivity contribution < 1.29 is 19.1 Å². The lowest BCUT2D eigenvalue weighted by Crippen LogP contribution is -2.62. The van der Waals surface area contributed by atoms with E-state index in [1.54, 1.807) is 0 Å². The molecule has 8 nitrogen and oxygen atoms in total. The van der Waals surface area contributed by atoms with Gasteiger partial charge in [-0.3, -0.25) is 10.2 Å². The summed E-state index contributed by atoms with van der Waals surface area (Å²) in [6.07, 6.45) is 9.14. The molecule has 2 fully saturated rings. The van der Waals surface area contributed by atoms with E-state index in [-0.39, 0.29) is 48.8 Å². The van der Waals surface area contributed by atoms with Gasteiger partial charge in [0.25, 0.3) is 5.91 Å². The molecule has 2 amide bonds. The molecule has 2 bridgehead atoms. The molecule has 1 spiro atoms. The minimum atomic E-state index is -0.638. The van der Waals surface area contributed by atoms with E-state index in [0.29, 0.717) is 17.7 Å². The maximum atomic E-state index is 12.5. The fraction of sp³-hybridized carbons (Fsp3) is 0.583. The highest BCUT2D eigenvalue weighted by Crippen LogP contribution is 2.62. The van der Waals surface area contributed by atoms with Crippen LogP contribution in [0.1, 0.15) is 36.8 Å². The van der Waals surface area contributed by atoms with Crippen molar-refractivity contribution in [1.29, 1.82) is 0 Å². The molecular weight excluding hydrogens is 479 g/mol. The van der Waals surface area contributed by atoms with Gasteiger partial charge >= 0.3 is 6.09 Å². The molecule has 5 aliphatic rings. The highest BCUT2D eigenvalue weighted by atomic mass is 35.5. The molecular formula is C24H32Cl2N4O4. The number of amides is 2. The molecule has 3 aliphatic heterocycles. The zero-order valence-corrected chi connectivity index (χ0v) is 20.9. The zero-order chi connectivity index (χ0) is 21.9. The van der Waals surface area contributed by atoms with Gasteiger partial charge in [0.1, 0.15) is 12.6 Å². The van der Waals surface area contributed by atoms with Crippen molar-refractivity contribution in [2.75, 3.05) is 33.2 Å². The lowest BCUT2D eigenvalue weighted by molar-refractivity contribution is -0.124. The first-order valence-electron chi connectivity index (χ1n) is 11.8. The number of nitrogens with one attached hydrogen (secondary N) is 2. The van der Waals surface area contributed by atoms with E-state index in [4.69, 9.17) is 9.47 Å². The van der Waals surface area contributed by atoms with Gasteiger partial charge in [0.05, 0.1) is 0 Å². The summed E-state index contributed by atoms with van der Waals surface area (Å²) in [5.74, 6) is 1.35. The minimum Gasteiger partial charge on any atom is -0.485 e. The van der Waals surface area contributed by atoms with Gasteiger partial charge in [-0.25, -0.2) is 9.80 Å². The van der Waals surface area contributed by atoms with Crippen LogP contribution in [0.15, 0.2) is 24.3 Å². The number of ether oxygens (including phenoxy) is 2. The number of rotatable bonds is 4. The number of carbonyl (C=O) groups is 2. The van der Waals surface area contributed by atoms with E-state index in [1.807, 2.05) is 11.1 Å². The fourth-order valence-electron chi connectivity index (χ4n) is 6.62. The van der Waals surface area contributed by atoms with Gasteiger partial charge in [0.2, 0.25) is 0 Å². The number of hydrogen-bond acceptors (Lipinski definition) is 6. The van der Waals surface area contributed by atoms with Crippen molar-refractivity contribution >= 4 is 36.8 Å². The van der Waals surface area contributed by atoms with Gasteiger partial charge in [-0.2, -0.15) is 0 Å². The number of hydrazine groups is 1. The van der Waals surface area contributed by atoms with E-state index in [1.165, 1.54) is 11.1 Å². The van der Waals surface area contributed by atoms with Crippen LogP contribution in [0.2, 0.25) is 0 Å². The molecule has 0 saturated carbocycles. The van der Waals surface area contributed by atoms with Crippen LogP contribution in [-0.4, -0.2) is 67.3 Å². The summed E-state index contributed by atoms with van der Waals surface area (Å²) in [4.78, 5) is 27.1. The summed E-state index contributed by atoms with van der Waals surface area (Å²) in [7, 11) is 2.22. The summed E-state index contributed by atoms with van der Waals surface area (Å²) >= 11 is 0. The van der Waals surface area contributed by atoms with Crippen LogP contribution in [0.25, 0.3) is 0 Å². The molecule has 2 N–H and O–H groups in total. The number of benzene rings is 1. The maximum absolute atomic E-state index is 12.5. The van der Waals surface area contributed by atoms with E-state index in [2.05, 4.69) is 40.9 Å². The number of piperidine rings is 1. The number of halogens is 2. The summed E-state index contributed by atoms with van der Waals surface area (Å²) < 4.78 is 12.2. The monoisotopic (exact) mass is 510 g/mol. The van der Waals surface area contributed by atoms with Crippen LogP contribution < -0.4 is 20.2 Å². The van der Waals surface area contributed by atoms with Crippen molar-refractivity contribution in [3.63, 3.8) is 0 Å². The van der Waals surface area contributed by atoms with Gasteiger partial charge in [0.15, 0.2) is 11.5 Å². The Balaban J connectivity index is 0.00000137. The molecule has 0 radical (unpaired) electrons. The first-order valence-corrected chi connectivity index (χ1v) is 11.8. The highest BCUT2D eigenvalue weighted by molar-refractivity contribution is 5.85. The van der Waals surface area contributed by atoms with Crippen molar-refractivity contribution in [2.24, 2.45) is 5.92 Å². The van der Waals surface area contributed by atoms with Crippen molar-refractivity contribution in [3.8, 4) is 11.5 Å². The van der Waals surface area contributed by atoms with Gasteiger partial charge in [-0.1, -0.05) is 18.2 Å². The summed E-state index contributed by atoms with van der Waals surface area (Å²) in [5, 5.41) is 4.45. The lowest BCUT2D eigenvalue weighted by Gasteiger charge is -2.55. The Kier molecular flexibility index (Phi) is 7.06. The second kappa shape index (κ2) is 9.57. The number of carbonyl (C=O) groups excluding carboxylic acids is 2. The van der Waals surface area contributed by atoms with Gasteiger partial charge in [-0.05, 0) is 50.9 Å². The predicted molar refractivity (Wildman–Crippen MR) is 132 cm³/mol. The second-order valence-electron chi connectivity index (χ2n) is 9.74. The third-order valence-corrected chi connectivity index (χ3v) is 8.07. The van der Waals surface area contributed by atoms with Crippen molar-refractivity contribution in [3.05, 3.63) is 35.4 Å². The maximum Gasteiger partial charge on any atom is 0.413 e. The van der Waals surface area contributed by atoms with Crippen LogP contribution in [0.4, 0.5) is 4.79 Å². The summed E-state index contributed by atoms with van der Waals surface area (Å²) in [5.41, 5.74) is 5.34. The Bertz CT molecular complexity index is 999.